The van der Waals surface area contributed by atoms with Crippen LogP contribution in [0.1, 0.15) is 36.8 Å². The van der Waals surface area contributed by atoms with Gasteiger partial charge >= 0.3 is 0 Å². The van der Waals surface area contributed by atoms with E-state index in [9.17, 15) is 0 Å². The van der Waals surface area contributed by atoms with Gasteiger partial charge in [0.05, 0.1) is 16.4 Å². The maximum Gasteiger partial charge on any atom is 0.0850 e. The highest BCUT2D eigenvalue weighted by Gasteiger charge is 2.19. The zero-order valence-corrected chi connectivity index (χ0v) is 15.1. The minimum atomic E-state index is -0.192. The highest BCUT2D eigenvalue weighted by atomic mass is 79.9. The Morgan fingerprint density at radius 1 is 1.33 bits per heavy atom. The predicted octanol–water partition coefficient (Wildman–Crippen LogP) is 4.78. The van der Waals surface area contributed by atoms with Crippen molar-refractivity contribution in [1.29, 1.82) is 0 Å². The molecule has 0 spiro atoms. The molecule has 0 fully saturated rings. The Morgan fingerprint density at radius 2 is 2.05 bits per heavy atom. The van der Waals surface area contributed by atoms with Crippen molar-refractivity contribution in [3.05, 3.63) is 49.7 Å². The van der Waals surface area contributed by atoms with Crippen LogP contribution >= 0.6 is 39.1 Å². The molecule has 1 atom stereocenters. The van der Waals surface area contributed by atoms with Gasteiger partial charge in [0.15, 0.2) is 0 Å². The van der Waals surface area contributed by atoms with Crippen LogP contribution in [0.5, 0.6) is 0 Å². The van der Waals surface area contributed by atoms with E-state index in [4.69, 9.17) is 28.9 Å². The first-order valence-corrected chi connectivity index (χ1v) is 8.47. The topological polar surface area (TPSA) is 43.8 Å². The van der Waals surface area contributed by atoms with Crippen molar-refractivity contribution in [2.24, 2.45) is 5.73 Å². The number of rotatable bonds is 5. The van der Waals surface area contributed by atoms with Crippen LogP contribution in [-0.4, -0.2) is 9.78 Å². The zero-order valence-electron chi connectivity index (χ0n) is 12.0. The van der Waals surface area contributed by atoms with Gasteiger partial charge in [0, 0.05) is 28.5 Å². The first-order valence-electron chi connectivity index (χ1n) is 6.92. The number of nitrogens with zero attached hydrogens (tertiary/aromatic N) is 2. The van der Waals surface area contributed by atoms with Crippen molar-refractivity contribution in [3.63, 3.8) is 0 Å². The number of aryl methyl sites for hydroxylation is 2. The van der Waals surface area contributed by atoms with Crippen molar-refractivity contribution >= 4 is 39.1 Å². The first kappa shape index (κ1) is 16.8. The average molecular weight is 391 g/mol. The number of nitrogens with two attached hydrogens (primary N) is 1. The van der Waals surface area contributed by atoms with Crippen molar-refractivity contribution in [2.75, 3.05) is 0 Å². The quantitative estimate of drug-likeness (QED) is 0.798. The molecule has 2 aromatic rings. The Hall–Kier alpha value is -0.550. The summed E-state index contributed by atoms with van der Waals surface area (Å²) in [7, 11) is 0. The minimum Gasteiger partial charge on any atom is -0.324 e. The maximum atomic E-state index is 6.43. The normalized spacial score (nSPS) is 12.7. The molecule has 0 aliphatic heterocycles. The molecule has 1 heterocycles. The number of hydrogen-bond donors (Lipinski definition) is 1. The van der Waals surface area contributed by atoms with E-state index in [0.717, 1.165) is 39.4 Å². The molecule has 0 saturated carbocycles. The Morgan fingerprint density at radius 3 is 2.67 bits per heavy atom. The fourth-order valence-electron chi connectivity index (χ4n) is 2.33. The van der Waals surface area contributed by atoms with E-state index in [0.29, 0.717) is 11.4 Å². The lowest BCUT2D eigenvalue weighted by molar-refractivity contribution is 0.585. The van der Waals surface area contributed by atoms with Gasteiger partial charge in [0.25, 0.3) is 0 Å². The van der Waals surface area contributed by atoms with Gasteiger partial charge in [-0.05, 0) is 37.1 Å². The summed E-state index contributed by atoms with van der Waals surface area (Å²) in [5, 5.41) is 5.93. The van der Waals surface area contributed by atoms with Crippen LogP contribution in [0, 0.1) is 0 Å². The van der Waals surface area contributed by atoms with E-state index < -0.39 is 0 Å². The van der Waals surface area contributed by atoms with E-state index in [-0.39, 0.29) is 6.04 Å². The van der Waals surface area contributed by atoms with Crippen molar-refractivity contribution in [3.8, 4) is 0 Å². The van der Waals surface area contributed by atoms with Gasteiger partial charge in [-0.25, -0.2) is 0 Å². The van der Waals surface area contributed by atoms with Crippen LogP contribution in [0.4, 0.5) is 0 Å². The second-order valence-electron chi connectivity index (χ2n) is 4.85. The van der Waals surface area contributed by atoms with Crippen molar-refractivity contribution < 1.29 is 0 Å². The molecule has 0 aliphatic rings. The lowest BCUT2D eigenvalue weighted by Crippen LogP contribution is -2.17. The van der Waals surface area contributed by atoms with E-state index in [1.54, 1.807) is 0 Å². The lowest BCUT2D eigenvalue weighted by Gasteiger charge is -2.15. The summed E-state index contributed by atoms with van der Waals surface area (Å²) in [5.41, 5.74) is 9.23. The smallest absolute Gasteiger partial charge is 0.0850 e. The van der Waals surface area contributed by atoms with Gasteiger partial charge in [0.1, 0.15) is 0 Å². The molecule has 0 saturated heterocycles. The summed E-state index contributed by atoms with van der Waals surface area (Å²) in [6, 6.07) is 5.44. The minimum absolute atomic E-state index is 0.192. The van der Waals surface area contributed by atoms with Gasteiger partial charge in [0.2, 0.25) is 0 Å². The Bertz CT molecular complexity index is 640. The molecular weight excluding hydrogens is 373 g/mol. The van der Waals surface area contributed by atoms with E-state index in [2.05, 4.69) is 21.0 Å². The summed E-state index contributed by atoms with van der Waals surface area (Å²) < 4.78 is 2.88. The molecule has 2 N–H and O–H groups in total. The van der Waals surface area contributed by atoms with Crippen LogP contribution in [-0.2, 0) is 19.4 Å². The lowest BCUT2D eigenvalue weighted by atomic mass is 10.0. The number of aromatic nitrogens is 2. The van der Waals surface area contributed by atoms with Gasteiger partial charge in [-0.15, -0.1) is 0 Å². The highest BCUT2D eigenvalue weighted by Crippen LogP contribution is 2.30. The number of halogens is 3. The van der Waals surface area contributed by atoms with Crippen molar-refractivity contribution in [2.45, 2.75) is 39.3 Å². The molecule has 0 aliphatic carbocycles. The molecule has 0 bridgehead atoms. The second kappa shape index (κ2) is 7.14. The van der Waals surface area contributed by atoms with Crippen LogP contribution < -0.4 is 5.73 Å². The molecule has 21 heavy (non-hydrogen) atoms. The third-order valence-corrected chi connectivity index (χ3v) is 4.86. The SMILES string of the molecule is CCc1nn(CC)c(CC(N)c2cc(Cl)ccc2Br)c1Cl. The summed E-state index contributed by atoms with van der Waals surface area (Å²) in [5.74, 6) is 0. The summed E-state index contributed by atoms with van der Waals surface area (Å²) >= 11 is 16.0. The molecule has 0 radical (unpaired) electrons. The molecule has 2 rings (SSSR count). The molecule has 3 nitrogen and oxygen atoms in total. The van der Waals surface area contributed by atoms with Crippen LogP contribution in [0.25, 0.3) is 0 Å². The molecule has 1 aromatic heterocycles. The van der Waals surface area contributed by atoms with Gasteiger partial charge < -0.3 is 5.73 Å². The Labute approximate surface area is 143 Å². The zero-order chi connectivity index (χ0) is 15.6. The fraction of sp³-hybridized carbons (Fsp3) is 0.400. The summed E-state index contributed by atoms with van der Waals surface area (Å²) in [4.78, 5) is 0. The third-order valence-electron chi connectivity index (χ3n) is 3.46. The molecular formula is C15H18BrCl2N3. The van der Waals surface area contributed by atoms with Crippen LogP contribution in [0.15, 0.2) is 22.7 Å². The average Bonchev–Trinajstić information content (AvgIpc) is 2.77. The fourth-order valence-corrected chi connectivity index (χ4v) is 3.40. The largest absolute Gasteiger partial charge is 0.324 e. The van der Waals surface area contributed by atoms with E-state index >= 15 is 0 Å². The molecule has 0 amide bonds. The van der Waals surface area contributed by atoms with Gasteiger partial charge in [-0.1, -0.05) is 46.1 Å². The molecule has 1 aromatic carbocycles. The first-order chi connectivity index (χ1) is 9.97. The van der Waals surface area contributed by atoms with Crippen LogP contribution in [0.3, 0.4) is 0 Å². The molecule has 114 valence electrons. The second-order valence-corrected chi connectivity index (χ2v) is 6.52. The molecule has 6 heteroatoms. The third kappa shape index (κ3) is 3.62. The van der Waals surface area contributed by atoms with Crippen LogP contribution in [0.2, 0.25) is 10.0 Å². The van der Waals surface area contributed by atoms with Crippen molar-refractivity contribution in [1.82, 2.24) is 9.78 Å². The number of hydrogen-bond acceptors (Lipinski definition) is 2. The highest BCUT2D eigenvalue weighted by molar-refractivity contribution is 9.10. The Balaban J connectivity index is 2.33. The maximum absolute atomic E-state index is 6.43. The summed E-state index contributed by atoms with van der Waals surface area (Å²) in [6.07, 6.45) is 1.44. The standard InChI is InChI=1S/C15H18BrCl2N3/c1-3-13-15(18)14(21(4-2)20-13)8-12(19)10-7-9(17)5-6-11(10)16/h5-7,12H,3-4,8,19H2,1-2H3. The summed E-state index contributed by atoms with van der Waals surface area (Å²) in [6.45, 7) is 4.87. The van der Waals surface area contributed by atoms with E-state index in [1.807, 2.05) is 36.7 Å². The monoisotopic (exact) mass is 389 g/mol. The predicted molar refractivity (Wildman–Crippen MR) is 92.1 cm³/mol. The number of benzene rings is 1. The van der Waals surface area contributed by atoms with Gasteiger partial charge in [-0.3, -0.25) is 4.68 Å². The Kier molecular flexibility index (Phi) is 5.72. The van der Waals surface area contributed by atoms with E-state index in [1.165, 1.54) is 0 Å². The molecule has 1 unspecified atom stereocenters. The van der Waals surface area contributed by atoms with Gasteiger partial charge in [-0.2, -0.15) is 5.10 Å².